The highest BCUT2D eigenvalue weighted by molar-refractivity contribution is 4.64. The molecule has 68 valence electrons. The Morgan fingerprint density at radius 1 is 1.36 bits per heavy atom. The molecule has 0 aromatic rings. The first-order chi connectivity index (χ1) is 5.07. The third kappa shape index (κ3) is 5.22. The summed E-state index contributed by atoms with van der Waals surface area (Å²) in [5.41, 5.74) is 0. The van der Waals surface area contributed by atoms with E-state index in [1.54, 1.807) is 0 Å². The van der Waals surface area contributed by atoms with Crippen LogP contribution >= 0.6 is 0 Å². The van der Waals surface area contributed by atoms with Crippen molar-refractivity contribution >= 4 is 0 Å². The predicted octanol–water partition coefficient (Wildman–Crippen LogP) is 1.49. The van der Waals surface area contributed by atoms with Crippen LogP contribution in [0.3, 0.4) is 0 Å². The van der Waals surface area contributed by atoms with Crippen LogP contribution < -0.4 is 0 Å². The van der Waals surface area contributed by atoms with E-state index in [9.17, 15) is 0 Å². The number of nitrogens with zero attached hydrogens (tertiary/aromatic N) is 1. The van der Waals surface area contributed by atoms with Crippen LogP contribution in [0.1, 0.15) is 33.6 Å². The zero-order valence-electron chi connectivity index (χ0n) is 8.17. The lowest BCUT2D eigenvalue weighted by atomic mass is 10.1. The van der Waals surface area contributed by atoms with E-state index >= 15 is 0 Å². The summed E-state index contributed by atoms with van der Waals surface area (Å²) in [6, 6.07) is 0.592. The monoisotopic (exact) mass is 159 g/mol. The highest BCUT2D eigenvalue weighted by atomic mass is 16.3. The van der Waals surface area contributed by atoms with E-state index in [1.807, 2.05) is 6.92 Å². The van der Waals surface area contributed by atoms with Gasteiger partial charge in [0.05, 0.1) is 6.10 Å². The smallest absolute Gasteiger partial charge is 0.0639 e. The number of aliphatic hydroxyl groups is 1. The van der Waals surface area contributed by atoms with E-state index in [2.05, 4.69) is 25.8 Å². The minimum atomic E-state index is -0.209. The number of aliphatic hydroxyl groups excluding tert-OH is 1. The minimum absolute atomic E-state index is 0.209. The van der Waals surface area contributed by atoms with Crippen LogP contribution in [0.25, 0.3) is 0 Å². The molecular formula is C9H21NO. The molecule has 0 rings (SSSR count). The first-order valence-electron chi connectivity index (χ1n) is 4.46. The molecule has 0 spiro atoms. The van der Waals surface area contributed by atoms with E-state index in [-0.39, 0.29) is 6.10 Å². The summed E-state index contributed by atoms with van der Waals surface area (Å²) in [5, 5.41) is 9.10. The number of hydrogen-bond donors (Lipinski definition) is 1. The molecule has 0 radical (unpaired) electrons. The van der Waals surface area contributed by atoms with Gasteiger partial charge in [-0.25, -0.2) is 0 Å². The lowest BCUT2D eigenvalue weighted by molar-refractivity contribution is 0.118. The van der Waals surface area contributed by atoms with Gasteiger partial charge in [0.25, 0.3) is 0 Å². The Kier molecular flexibility index (Phi) is 5.51. The van der Waals surface area contributed by atoms with Crippen molar-refractivity contribution in [3.05, 3.63) is 0 Å². The van der Waals surface area contributed by atoms with Gasteiger partial charge in [-0.15, -0.1) is 0 Å². The van der Waals surface area contributed by atoms with Crippen molar-refractivity contribution in [1.29, 1.82) is 0 Å². The maximum Gasteiger partial charge on any atom is 0.0639 e. The van der Waals surface area contributed by atoms with Gasteiger partial charge in [-0.05, 0) is 27.3 Å². The highest BCUT2D eigenvalue weighted by Gasteiger charge is 2.09. The van der Waals surface area contributed by atoms with Gasteiger partial charge in [0.2, 0.25) is 0 Å². The Labute approximate surface area is 70.2 Å². The van der Waals surface area contributed by atoms with Gasteiger partial charge in [-0.2, -0.15) is 0 Å². The Morgan fingerprint density at radius 2 is 1.91 bits per heavy atom. The van der Waals surface area contributed by atoms with Crippen molar-refractivity contribution in [2.75, 3.05) is 13.6 Å². The number of hydrogen-bond acceptors (Lipinski definition) is 2. The van der Waals surface area contributed by atoms with Gasteiger partial charge < -0.3 is 10.0 Å². The summed E-state index contributed by atoms with van der Waals surface area (Å²) in [6.07, 6.45) is 2.22. The van der Waals surface area contributed by atoms with Crippen LogP contribution in [-0.4, -0.2) is 35.7 Å². The van der Waals surface area contributed by atoms with Crippen molar-refractivity contribution in [3.63, 3.8) is 0 Å². The topological polar surface area (TPSA) is 23.5 Å². The van der Waals surface area contributed by atoms with Gasteiger partial charge in [0, 0.05) is 12.6 Å². The molecule has 2 nitrogen and oxygen atoms in total. The third-order valence-corrected chi connectivity index (χ3v) is 2.01. The van der Waals surface area contributed by atoms with E-state index in [0.717, 1.165) is 6.54 Å². The molecule has 0 saturated carbocycles. The summed E-state index contributed by atoms with van der Waals surface area (Å²) >= 11 is 0. The normalized spacial score (nSPS) is 16.9. The second-order valence-corrected chi connectivity index (χ2v) is 3.43. The zero-order chi connectivity index (χ0) is 8.85. The molecule has 0 aromatic heterocycles. The zero-order valence-corrected chi connectivity index (χ0v) is 8.17. The van der Waals surface area contributed by atoms with Crippen molar-refractivity contribution in [3.8, 4) is 0 Å². The van der Waals surface area contributed by atoms with Crippen molar-refractivity contribution in [2.45, 2.75) is 45.8 Å². The average Bonchev–Trinajstić information content (AvgIpc) is 1.86. The van der Waals surface area contributed by atoms with Crippen molar-refractivity contribution in [1.82, 2.24) is 4.90 Å². The lowest BCUT2D eigenvalue weighted by Gasteiger charge is -2.25. The molecule has 0 aromatic carbocycles. The Hall–Kier alpha value is -0.0800. The van der Waals surface area contributed by atoms with Crippen molar-refractivity contribution < 1.29 is 5.11 Å². The highest BCUT2D eigenvalue weighted by Crippen LogP contribution is 2.03. The molecule has 0 saturated heterocycles. The molecule has 0 amide bonds. The van der Waals surface area contributed by atoms with Crippen LogP contribution in [0.2, 0.25) is 0 Å². The molecule has 2 heteroatoms. The molecule has 0 aliphatic rings. The van der Waals surface area contributed by atoms with Crippen LogP contribution in [0, 0.1) is 0 Å². The van der Waals surface area contributed by atoms with Crippen LogP contribution in [0.15, 0.2) is 0 Å². The molecule has 0 bridgehead atoms. The van der Waals surface area contributed by atoms with Crippen LogP contribution in [0.4, 0.5) is 0 Å². The first-order valence-corrected chi connectivity index (χ1v) is 4.46. The maximum atomic E-state index is 9.10. The fraction of sp³-hybridized carbons (Fsp3) is 1.00. The summed E-state index contributed by atoms with van der Waals surface area (Å²) in [6.45, 7) is 6.99. The minimum Gasteiger partial charge on any atom is -0.392 e. The summed E-state index contributed by atoms with van der Waals surface area (Å²) in [4.78, 5) is 2.20. The van der Waals surface area contributed by atoms with Gasteiger partial charge in [-0.1, -0.05) is 13.3 Å². The molecular weight excluding hydrogens is 138 g/mol. The lowest BCUT2D eigenvalue weighted by Crippen LogP contribution is -2.34. The molecule has 1 unspecified atom stereocenters. The Bertz CT molecular complexity index is 93.6. The second-order valence-electron chi connectivity index (χ2n) is 3.43. The van der Waals surface area contributed by atoms with E-state index in [4.69, 9.17) is 5.11 Å². The summed E-state index contributed by atoms with van der Waals surface area (Å²) < 4.78 is 0. The van der Waals surface area contributed by atoms with E-state index < -0.39 is 0 Å². The van der Waals surface area contributed by atoms with E-state index in [0.29, 0.717) is 6.04 Å². The molecule has 0 fully saturated rings. The van der Waals surface area contributed by atoms with Crippen LogP contribution in [0.5, 0.6) is 0 Å². The van der Waals surface area contributed by atoms with Gasteiger partial charge in [-0.3, -0.25) is 0 Å². The van der Waals surface area contributed by atoms with Gasteiger partial charge in [0.1, 0.15) is 0 Å². The average molecular weight is 159 g/mol. The van der Waals surface area contributed by atoms with E-state index in [1.165, 1.54) is 12.8 Å². The van der Waals surface area contributed by atoms with Crippen molar-refractivity contribution in [2.24, 2.45) is 0 Å². The maximum absolute atomic E-state index is 9.10. The first kappa shape index (κ1) is 10.9. The Balaban J connectivity index is 3.54. The van der Waals surface area contributed by atoms with Gasteiger partial charge in [0.15, 0.2) is 0 Å². The summed E-state index contributed by atoms with van der Waals surface area (Å²) in [7, 11) is 2.06. The third-order valence-electron chi connectivity index (χ3n) is 2.01. The quantitative estimate of drug-likeness (QED) is 0.657. The SMILES string of the molecule is CCCC(C)N(C)C[C@@H](C)O. The van der Waals surface area contributed by atoms with Gasteiger partial charge >= 0.3 is 0 Å². The molecule has 1 N–H and O–H groups in total. The fourth-order valence-corrected chi connectivity index (χ4v) is 1.23. The number of rotatable bonds is 5. The standard InChI is InChI=1S/C9H21NO/c1-5-6-8(2)10(4)7-9(3)11/h8-9,11H,5-7H2,1-4H3/t8?,9-/m1/s1. The molecule has 0 aliphatic carbocycles. The Morgan fingerprint density at radius 3 is 2.27 bits per heavy atom. The second kappa shape index (κ2) is 5.56. The molecule has 0 aliphatic heterocycles. The predicted molar refractivity (Wildman–Crippen MR) is 48.7 cm³/mol. The summed E-state index contributed by atoms with van der Waals surface area (Å²) in [5.74, 6) is 0. The van der Waals surface area contributed by atoms with Crippen LogP contribution in [-0.2, 0) is 0 Å². The molecule has 0 heterocycles. The largest absolute Gasteiger partial charge is 0.392 e. The molecule has 11 heavy (non-hydrogen) atoms. The number of likely N-dealkylation sites (N-methyl/N-ethyl adjacent to an activating group) is 1. The molecule has 2 atom stereocenters. The fourth-order valence-electron chi connectivity index (χ4n) is 1.23.